The van der Waals surface area contributed by atoms with Gasteiger partial charge in [0.25, 0.3) is 5.91 Å². The lowest BCUT2D eigenvalue weighted by atomic mass is 10.1. The lowest BCUT2D eigenvalue weighted by Gasteiger charge is -2.20. The van der Waals surface area contributed by atoms with E-state index >= 15 is 0 Å². The van der Waals surface area contributed by atoms with Gasteiger partial charge in [0.1, 0.15) is 6.33 Å². The van der Waals surface area contributed by atoms with Gasteiger partial charge >= 0.3 is 0 Å². The van der Waals surface area contributed by atoms with Gasteiger partial charge in [-0.3, -0.25) is 4.79 Å². The average molecular weight is 287 g/mol. The summed E-state index contributed by atoms with van der Waals surface area (Å²) in [5.41, 5.74) is 1.42. The Bertz CT molecular complexity index is 590. The quantitative estimate of drug-likeness (QED) is 0.905. The Kier molecular flexibility index (Phi) is 3.92. The van der Waals surface area contributed by atoms with Gasteiger partial charge in [-0.25, -0.2) is 4.68 Å². The lowest BCUT2D eigenvalue weighted by Crippen LogP contribution is -2.40. The Balaban J connectivity index is 1.64. The summed E-state index contributed by atoms with van der Waals surface area (Å²) < 4.78 is 7.12. The molecule has 1 amide bonds. The first-order valence-corrected chi connectivity index (χ1v) is 7.00. The van der Waals surface area contributed by atoms with E-state index in [2.05, 4.69) is 20.8 Å². The fourth-order valence-electron chi connectivity index (χ4n) is 2.43. The molecular formula is C14H17N5O2. The molecule has 2 aromatic rings. The molecule has 0 spiro atoms. The van der Waals surface area contributed by atoms with E-state index in [0.717, 1.165) is 25.1 Å². The summed E-state index contributed by atoms with van der Waals surface area (Å²) in [5, 5.41) is 13.9. The van der Waals surface area contributed by atoms with E-state index in [1.165, 1.54) is 11.0 Å². The molecule has 110 valence electrons. The van der Waals surface area contributed by atoms with Crippen LogP contribution in [-0.2, 0) is 4.74 Å². The van der Waals surface area contributed by atoms with Crippen LogP contribution in [0, 0.1) is 0 Å². The van der Waals surface area contributed by atoms with Gasteiger partial charge in [-0.15, -0.1) is 5.10 Å². The number of hydrogen-bond acceptors (Lipinski definition) is 5. The molecule has 7 heteroatoms. The molecule has 7 nitrogen and oxygen atoms in total. The number of benzene rings is 1. The zero-order chi connectivity index (χ0) is 14.7. The van der Waals surface area contributed by atoms with Gasteiger partial charge in [0.05, 0.1) is 17.8 Å². The summed E-state index contributed by atoms with van der Waals surface area (Å²) in [6.45, 7) is 2.76. The van der Waals surface area contributed by atoms with E-state index in [1.54, 1.807) is 12.1 Å². The Morgan fingerprint density at radius 1 is 1.43 bits per heavy atom. The molecule has 21 heavy (non-hydrogen) atoms. The first-order chi connectivity index (χ1) is 10.2. The highest BCUT2D eigenvalue weighted by Gasteiger charge is 2.23. The number of nitrogens with one attached hydrogen (secondary N) is 1. The first kappa shape index (κ1) is 13.7. The molecule has 0 radical (unpaired) electrons. The number of amides is 1. The summed E-state index contributed by atoms with van der Waals surface area (Å²) in [5.74, 6) is -0.0961. The third-order valence-corrected chi connectivity index (χ3v) is 3.62. The maximum atomic E-state index is 12.2. The van der Waals surface area contributed by atoms with Gasteiger partial charge in [-0.1, -0.05) is 0 Å². The number of ether oxygens (including phenoxy) is 1. The average Bonchev–Trinajstić information content (AvgIpc) is 3.20. The molecule has 1 aliphatic heterocycles. The number of carbonyl (C=O) groups is 1. The highest BCUT2D eigenvalue weighted by atomic mass is 16.5. The summed E-state index contributed by atoms with van der Waals surface area (Å²) in [7, 11) is 0. The lowest BCUT2D eigenvalue weighted by molar-refractivity contribution is 0.0712. The molecule has 1 saturated heterocycles. The van der Waals surface area contributed by atoms with E-state index in [9.17, 15) is 4.79 Å². The second-order valence-electron chi connectivity index (χ2n) is 5.11. The van der Waals surface area contributed by atoms with Crippen LogP contribution in [0.25, 0.3) is 5.69 Å². The van der Waals surface area contributed by atoms with Crippen LogP contribution in [0.1, 0.15) is 30.1 Å². The van der Waals surface area contributed by atoms with Crippen molar-refractivity contribution in [3.63, 3.8) is 0 Å². The summed E-state index contributed by atoms with van der Waals surface area (Å²) in [6.07, 6.45) is 3.69. The smallest absolute Gasteiger partial charge is 0.251 e. The first-order valence-electron chi connectivity index (χ1n) is 7.00. The number of rotatable bonds is 4. The standard InChI is InChI=1S/C14H17N5O2/c1-10(13-3-2-8-21-13)16-14(20)11-4-6-12(7-5-11)19-9-15-17-18-19/h4-7,9-10,13H,2-3,8H2,1H3,(H,16,20)/t10-,13+/m0/s1. The zero-order valence-corrected chi connectivity index (χ0v) is 11.8. The Hall–Kier alpha value is -2.28. The topological polar surface area (TPSA) is 81.9 Å². The molecular weight excluding hydrogens is 270 g/mol. The van der Waals surface area contributed by atoms with Crippen LogP contribution in [0.15, 0.2) is 30.6 Å². The van der Waals surface area contributed by atoms with Crippen molar-refractivity contribution in [3.05, 3.63) is 36.2 Å². The second kappa shape index (κ2) is 6.01. The number of aromatic nitrogens is 4. The third-order valence-electron chi connectivity index (χ3n) is 3.62. The van der Waals surface area contributed by atoms with Crippen molar-refractivity contribution in [1.29, 1.82) is 0 Å². The fourth-order valence-corrected chi connectivity index (χ4v) is 2.43. The molecule has 2 atom stereocenters. The highest BCUT2D eigenvalue weighted by molar-refractivity contribution is 5.94. The van der Waals surface area contributed by atoms with Gasteiger partial charge in [0.15, 0.2) is 0 Å². The van der Waals surface area contributed by atoms with Gasteiger partial charge < -0.3 is 10.1 Å². The number of nitrogens with zero attached hydrogens (tertiary/aromatic N) is 4. The Morgan fingerprint density at radius 3 is 2.86 bits per heavy atom. The molecule has 1 fully saturated rings. The maximum absolute atomic E-state index is 12.2. The predicted octanol–water partition coefficient (Wildman–Crippen LogP) is 0.960. The monoisotopic (exact) mass is 287 g/mol. The van der Waals surface area contributed by atoms with Crippen LogP contribution >= 0.6 is 0 Å². The summed E-state index contributed by atoms with van der Waals surface area (Å²) in [4.78, 5) is 12.2. The number of tetrazole rings is 1. The van der Waals surface area contributed by atoms with Crippen molar-refractivity contribution in [2.24, 2.45) is 0 Å². The van der Waals surface area contributed by atoms with Crippen molar-refractivity contribution in [2.45, 2.75) is 31.9 Å². The molecule has 0 saturated carbocycles. The van der Waals surface area contributed by atoms with E-state index in [-0.39, 0.29) is 18.1 Å². The van der Waals surface area contributed by atoms with Gasteiger partial charge in [-0.2, -0.15) is 0 Å². The molecule has 1 aromatic heterocycles. The van der Waals surface area contributed by atoms with E-state index in [0.29, 0.717) is 5.56 Å². The van der Waals surface area contributed by atoms with Crippen LogP contribution in [0.5, 0.6) is 0 Å². The minimum Gasteiger partial charge on any atom is -0.376 e. The van der Waals surface area contributed by atoms with Crippen molar-refractivity contribution in [2.75, 3.05) is 6.61 Å². The van der Waals surface area contributed by atoms with Crippen LogP contribution in [0.3, 0.4) is 0 Å². The van der Waals surface area contributed by atoms with E-state index in [4.69, 9.17) is 4.74 Å². The van der Waals surface area contributed by atoms with E-state index in [1.807, 2.05) is 19.1 Å². The Labute approximate surface area is 122 Å². The zero-order valence-electron chi connectivity index (χ0n) is 11.8. The number of hydrogen-bond donors (Lipinski definition) is 1. The minimum atomic E-state index is -0.0961. The van der Waals surface area contributed by atoms with Crippen LogP contribution < -0.4 is 5.32 Å². The van der Waals surface area contributed by atoms with Crippen LogP contribution in [0.4, 0.5) is 0 Å². The van der Waals surface area contributed by atoms with Gasteiger partial charge in [-0.05, 0) is 54.5 Å². The summed E-state index contributed by atoms with van der Waals surface area (Å²) in [6, 6.07) is 7.15. The maximum Gasteiger partial charge on any atom is 0.251 e. The minimum absolute atomic E-state index is 0.0131. The SMILES string of the molecule is C[C@H](NC(=O)c1ccc(-n2cnnn2)cc1)[C@H]1CCCO1. The molecule has 1 aromatic carbocycles. The normalized spacial score (nSPS) is 19.4. The molecule has 0 bridgehead atoms. The van der Waals surface area contributed by atoms with Crippen molar-refractivity contribution in [1.82, 2.24) is 25.5 Å². The van der Waals surface area contributed by atoms with Crippen LogP contribution in [-0.4, -0.2) is 44.9 Å². The Morgan fingerprint density at radius 2 is 2.24 bits per heavy atom. The van der Waals surface area contributed by atoms with Gasteiger partial charge in [0.2, 0.25) is 0 Å². The fraction of sp³-hybridized carbons (Fsp3) is 0.429. The third kappa shape index (κ3) is 3.08. The van der Waals surface area contributed by atoms with Gasteiger partial charge in [0, 0.05) is 12.2 Å². The largest absolute Gasteiger partial charge is 0.376 e. The molecule has 3 rings (SSSR count). The molecule has 1 aliphatic rings. The molecule has 0 aliphatic carbocycles. The second-order valence-corrected chi connectivity index (χ2v) is 5.11. The summed E-state index contributed by atoms with van der Waals surface area (Å²) >= 11 is 0. The highest BCUT2D eigenvalue weighted by Crippen LogP contribution is 2.16. The van der Waals surface area contributed by atoms with Crippen molar-refractivity contribution < 1.29 is 9.53 Å². The van der Waals surface area contributed by atoms with Crippen molar-refractivity contribution in [3.8, 4) is 5.69 Å². The predicted molar refractivity (Wildman–Crippen MR) is 75.1 cm³/mol. The molecule has 1 N–H and O–H groups in total. The van der Waals surface area contributed by atoms with Crippen molar-refractivity contribution >= 4 is 5.91 Å². The molecule has 0 unspecified atom stereocenters. The van der Waals surface area contributed by atoms with Crippen LogP contribution in [0.2, 0.25) is 0 Å². The number of carbonyl (C=O) groups excluding carboxylic acids is 1. The molecule has 2 heterocycles. The van der Waals surface area contributed by atoms with E-state index < -0.39 is 0 Å².